The zero-order valence-electron chi connectivity index (χ0n) is 31.8. The van der Waals surface area contributed by atoms with Gasteiger partial charge in [0.1, 0.15) is 0 Å². The number of nitrogens with zero attached hydrogens (tertiary/aromatic N) is 3. The van der Waals surface area contributed by atoms with Crippen LogP contribution in [0.15, 0.2) is 200 Å². The van der Waals surface area contributed by atoms with E-state index in [0.717, 1.165) is 50.2 Å². The topological polar surface area (TPSA) is 33.6 Å². The van der Waals surface area contributed by atoms with E-state index >= 15 is 0 Å². The first kappa shape index (κ1) is 33.4. The molecule has 0 fully saturated rings. The summed E-state index contributed by atoms with van der Waals surface area (Å²) in [7, 11) is 0. The van der Waals surface area contributed by atoms with Crippen molar-refractivity contribution in [3.63, 3.8) is 0 Å². The molecular formula is C55H33N3S. The van der Waals surface area contributed by atoms with E-state index in [1.165, 1.54) is 58.4 Å². The molecule has 12 rings (SSSR count). The Morgan fingerprint density at radius 2 is 0.898 bits per heavy atom. The van der Waals surface area contributed by atoms with E-state index in [-0.39, 0.29) is 0 Å². The van der Waals surface area contributed by atoms with Crippen molar-refractivity contribution in [1.29, 1.82) is 5.26 Å². The van der Waals surface area contributed by atoms with E-state index in [1.54, 1.807) is 0 Å². The highest BCUT2D eigenvalue weighted by Gasteiger charge is 2.18. The van der Waals surface area contributed by atoms with Crippen molar-refractivity contribution in [2.75, 3.05) is 0 Å². The van der Waals surface area contributed by atoms with Crippen LogP contribution in [0.4, 0.5) is 0 Å². The lowest BCUT2D eigenvalue weighted by Gasteiger charge is -2.11. The van der Waals surface area contributed by atoms with Crippen LogP contribution in [0.1, 0.15) is 5.56 Å². The van der Waals surface area contributed by atoms with Crippen LogP contribution in [0.3, 0.4) is 0 Å². The van der Waals surface area contributed by atoms with Crippen molar-refractivity contribution >= 4 is 75.1 Å². The first-order valence-electron chi connectivity index (χ1n) is 19.9. The molecule has 274 valence electrons. The molecule has 59 heavy (non-hydrogen) atoms. The number of fused-ring (bicyclic) bond motifs is 9. The smallest absolute Gasteiger partial charge is 0.0992 e. The van der Waals surface area contributed by atoms with Gasteiger partial charge in [-0.2, -0.15) is 5.26 Å². The van der Waals surface area contributed by atoms with E-state index in [1.807, 2.05) is 23.5 Å². The van der Waals surface area contributed by atoms with Gasteiger partial charge < -0.3 is 9.13 Å². The fourth-order valence-corrected chi connectivity index (χ4v) is 10.5. The SMILES string of the molecule is N#Cc1cc(-c2ccc3c(c2)c2ccccc2n3-c2ccccc2)cc(-c2ccc3c(c2)c2ccc(-c4cccc5c4sc4ccccc45)cc2n3-c2ccccc2)c1. The number of thiophene rings is 1. The Balaban J connectivity index is 1.02. The average Bonchev–Trinajstić information content (AvgIpc) is 3.96. The Bertz CT molecular complexity index is 3670. The second kappa shape index (κ2) is 13.2. The van der Waals surface area contributed by atoms with Crippen LogP contribution < -0.4 is 0 Å². The van der Waals surface area contributed by atoms with Crippen molar-refractivity contribution < 1.29 is 0 Å². The van der Waals surface area contributed by atoms with Gasteiger partial charge in [0, 0.05) is 53.1 Å². The van der Waals surface area contributed by atoms with Crippen LogP contribution in [0, 0.1) is 11.3 Å². The molecule has 0 spiro atoms. The standard InChI is InChI=1S/C55H33N3S/c56-34-35-28-39(36-23-26-51-48(31-36)44-16-7-9-20-50(44)57(51)41-12-3-1-4-13-41)30-40(29-35)37-24-27-52-49(32-37)45-25-22-38(33-53(45)58(52)42-14-5-2-6-15-42)43-18-11-19-47-46-17-8-10-21-54(46)59-55(43)47/h1-33H. The number of nitriles is 1. The van der Waals surface area contributed by atoms with E-state index in [9.17, 15) is 5.26 Å². The van der Waals surface area contributed by atoms with Gasteiger partial charge >= 0.3 is 0 Å². The molecule has 3 aromatic heterocycles. The Labute approximate surface area is 344 Å². The third kappa shape index (κ3) is 5.26. The molecule has 12 aromatic rings. The molecule has 0 aliphatic carbocycles. The van der Waals surface area contributed by atoms with Crippen molar-refractivity contribution in [2.24, 2.45) is 0 Å². The van der Waals surface area contributed by atoms with Crippen LogP contribution in [-0.2, 0) is 0 Å². The van der Waals surface area contributed by atoms with Crippen LogP contribution in [0.5, 0.6) is 0 Å². The zero-order valence-corrected chi connectivity index (χ0v) is 32.6. The van der Waals surface area contributed by atoms with Gasteiger partial charge in [-0.3, -0.25) is 0 Å². The number of aromatic nitrogens is 2. The number of benzene rings is 9. The second-order valence-corrected chi connectivity index (χ2v) is 16.3. The Kier molecular flexibility index (Phi) is 7.47. The molecular weight excluding hydrogens is 735 g/mol. The third-order valence-corrected chi connectivity index (χ3v) is 13.1. The maximum Gasteiger partial charge on any atom is 0.0992 e. The molecule has 0 aliphatic heterocycles. The highest BCUT2D eigenvalue weighted by Crippen LogP contribution is 2.43. The third-order valence-electron chi connectivity index (χ3n) is 11.9. The molecule has 4 heteroatoms. The minimum Gasteiger partial charge on any atom is -0.309 e. The highest BCUT2D eigenvalue weighted by atomic mass is 32.1. The van der Waals surface area contributed by atoms with Crippen molar-refractivity contribution in [1.82, 2.24) is 9.13 Å². The largest absolute Gasteiger partial charge is 0.309 e. The summed E-state index contributed by atoms with van der Waals surface area (Å²) in [6, 6.07) is 74.3. The summed E-state index contributed by atoms with van der Waals surface area (Å²) >= 11 is 1.87. The van der Waals surface area contributed by atoms with Crippen molar-refractivity contribution in [3.05, 3.63) is 206 Å². The van der Waals surface area contributed by atoms with Crippen molar-refractivity contribution in [3.8, 4) is 50.8 Å². The van der Waals surface area contributed by atoms with Crippen LogP contribution >= 0.6 is 11.3 Å². The van der Waals surface area contributed by atoms with E-state index in [4.69, 9.17) is 0 Å². The van der Waals surface area contributed by atoms with E-state index in [0.29, 0.717) is 5.56 Å². The zero-order chi connectivity index (χ0) is 39.0. The fraction of sp³-hybridized carbons (Fsp3) is 0. The van der Waals surface area contributed by atoms with Gasteiger partial charge in [-0.05, 0) is 118 Å². The lowest BCUT2D eigenvalue weighted by atomic mass is 9.94. The minimum absolute atomic E-state index is 0.635. The summed E-state index contributed by atoms with van der Waals surface area (Å²) in [5, 5.41) is 17.7. The quantitative estimate of drug-likeness (QED) is 0.172. The number of para-hydroxylation sites is 3. The van der Waals surface area contributed by atoms with Crippen LogP contribution in [0.25, 0.3) is 109 Å². The lowest BCUT2D eigenvalue weighted by Crippen LogP contribution is -1.93. The first-order chi connectivity index (χ1) is 29.2. The Morgan fingerprint density at radius 1 is 0.356 bits per heavy atom. The molecule has 0 amide bonds. The van der Waals surface area contributed by atoms with Gasteiger partial charge in [0.25, 0.3) is 0 Å². The van der Waals surface area contributed by atoms with Gasteiger partial charge in [0.15, 0.2) is 0 Å². The number of hydrogen-bond donors (Lipinski definition) is 0. The van der Waals surface area contributed by atoms with Crippen LogP contribution in [0.2, 0.25) is 0 Å². The second-order valence-electron chi connectivity index (χ2n) is 15.2. The molecule has 9 aromatic carbocycles. The summed E-state index contributed by atoms with van der Waals surface area (Å²) in [4.78, 5) is 0. The molecule has 0 unspecified atom stereocenters. The van der Waals surface area contributed by atoms with E-state index in [2.05, 4.69) is 203 Å². The van der Waals surface area contributed by atoms with Gasteiger partial charge in [0.2, 0.25) is 0 Å². The molecule has 3 heterocycles. The van der Waals surface area contributed by atoms with Crippen molar-refractivity contribution in [2.45, 2.75) is 0 Å². The fourth-order valence-electron chi connectivity index (χ4n) is 9.23. The average molecular weight is 768 g/mol. The number of rotatable bonds is 5. The summed E-state index contributed by atoms with van der Waals surface area (Å²) in [5.41, 5.74) is 14.2. The highest BCUT2D eigenvalue weighted by molar-refractivity contribution is 7.26. The Hall–Kier alpha value is -7.71. The molecule has 0 N–H and O–H groups in total. The summed E-state index contributed by atoms with van der Waals surface area (Å²) in [6.07, 6.45) is 0. The number of hydrogen-bond acceptors (Lipinski definition) is 2. The molecule has 0 aliphatic rings. The normalized spacial score (nSPS) is 11.7. The first-order valence-corrected chi connectivity index (χ1v) is 20.7. The molecule has 0 bridgehead atoms. The van der Waals surface area contributed by atoms with Gasteiger partial charge in [-0.1, -0.05) is 115 Å². The molecule has 0 radical (unpaired) electrons. The Morgan fingerprint density at radius 3 is 1.58 bits per heavy atom. The molecule has 0 saturated carbocycles. The maximum atomic E-state index is 10.3. The van der Waals surface area contributed by atoms with Gasteiger partial charge in [-0.25, -0.2) is 0 Å². The predicted octanol–water partition coefficient (Wildman–Crippen LogP) is 15.1. The minimum atomic E-state index is 0.635. The lowest BCUT2D eigenvalue weighted by molar-refractivity contribution is 1.18. The van der Waals surface area contributed by atoms with E-state index < -0.39 is 0 Å². The molecule has 3 nitrogen and oxygen atoms in total. The maximum absolute atomic E-state index is 10.3. The van der Waals surface area contributed by atoms with Gasteiger partial charge in [-0.15, -0.1) is 11.3 Å². The molecule has 0 atom stereocenters. The summed E-state index contributed by atoms with van der Waals surface area (Å²) in [5.74, 6) is 0. The predicted molar refractivity (Wildman–Crippen MR) is 249 cm³/mol. The van der Waals surface area contributed by atoms with Gasteiger partial charge in [0.05, 0.1) is 33.7 Å². The van der Waals surface area contributed by atoms with Crippen LogP contribution in [-0.4, -0.2) is 9.13 Å². The summed E-state index contributed by atoms with van der Waals surface area (Å²) in [6.45, 7) is 0. The summed E-state index contributed by atoms with van der Waals surface area (Å²) < 4.78 is 7.34. The monoisotopic (exact) mass is 767 g/mol. The molecule has 0 saturated heterocycles.